The van der Waals surface area contributed by atoms with Crippen LogP contribution in [0.2, 0.25) is 0 Å². The van der Waals surface area contributed by atoms with Crippen molar-refractivity contribution >= 4 is 23.4 Å². The largest absolute Gasteiger partial charge is 0.496 e. The molecule has 2 aromatic rings. The molecule has 0 unspecified atom stereocenters. The predicted molar refractivity (Wildman–Crippen MR) is 98.7 cm³/mol. The molecule has 3 rings (SSSR count). The molecule has 0 aromatic heterocycles. The first-order chi connectivity index (χ1) is 11.8. The molecule has 2 aromatic carbocycles. The van der Waals surface area contributed by atoms with Crippen LogP contribution in [0.3, 0.4) is 0 Å². The van der Waals surface area contributed by atoms with Crippen LogP contribution >= 0.6 is 11.8 Å². The fourth-order valence-electron chi connectivity index (χ4n) is 2.76. The third-order valence-electron chi connectivity index (χ3n) is 4.09. The van der Waals surface area contributed by atoms with Crippen molar-refractivity contribution in [1.29, 1.82) is 0 Å². The van der Waals surface area contributed by atoms with Gasteiger partial charge in [0.2, 0.25) is 5.91 Å². The summed E-state index contributed by atoms with van der Waals surface area (Å²) in [5.74, 6) is 1.82. The molecule has 0 spiro atoms. The number of carbonyl (C=O) groups is 1. The van der Waals surface area contributed by atoms with Crippen LogP contribution in [-0.2, 0) is 10.5 Å². The van der Waals surface area contributed by atoms with Gasteiger partial charge < -0.3 is 15.4 Å². The van der Waals surface area contributed by atoms with Gasteiger partial charge in [-0.2, -0.15) is 0 Å². The predicted octanol–water partition coefficient (Wildman–Crippen LogP) is 3.68. The second-order valence-corrected chi connectivity index (χ2v) is 6.81. The summed E-state index contributed by atoms with van der Waals surface area (Å²) in [7, 11) is 1.69. The summed E-state index contributed by atoms with van der Waals surface area (Å²) in [4.78, 5) is 13.3. The number of carbonyl (C=O) groups excluding carboxylic acids is 1. The Kier molecular flexibility index (Phi) is 5.77. The molecule has 4 nitrogen and oxygen atoms in total. The lowest BCUT2D eigenvalue weighted by Crippen LogP contribution is -2.35. The summed E-state index contributed by atoms with van der Waals surface area (Å²) < 4.78 is 5.38. The normalized spacial score (nSPS) is 16.8. The summed E-state index contributed by atoms with van der Waals surface area (Å²) in [6.45, 7) is 0.927. The smallest absolute Gasteiger partial charge is 0.241 e. The molecule has 1 aliphatic heterocycles. The van der Waals surface area contributed by atoms with Gasteiger partial charge in [0.25, 0.3) is 0 Å². The zero-order valence-corrected chi connectivity index (χ0v) is 14.6. The van der Waals surface area contributed by atoms with E-state index in [1.165, 1.54) is 5.56 Å². The summed E-state index contributed by atoms with van der Waals surface area (Å²) in [5.41, 5.74) is 2.02. The van der Waals surface area contributed by atoms with Crippen LogP contribution in [0.5, 0.6) is 5.75 Å². The van der Waals surface area contributed by atoms with E-state index in [1.807, 2.05) is 42.5 Å². The van der Waals surface area contributed by atoms with Crippen molar-refractivity contribution in [2.24, 2.45) is 0 Å². The van der Waals surface area contributed by atoms with E-state index in [2.05, 4.69) is 16.7 Å². The molecular weight excluding hydrogens is 320 g/mol. The summed E-state index contributed by atoms with van der Waals surface area (Å²) in [6.07, 6.45) is 1.98. The number of hydrogen-bond acceptors (Lipinski definition) is 4. The Hall–Kier alpha value is -1.98. The van der Waals surface area contributed by atoms with Crippen LogP contribution in [0.1, 0.15) is 18.4 Å². The van der Waals surface area contributed by atoms with Crippen molar-refractivity contribution in [1.82, 2.24) is 5.32 Å². The Morgan fingerprint density at radius 2 is 2.04 bits per heavy atom. The summed E-state index contributed by atoms with van der Waals surface area (Å²) in [5, 5.41) is 6.18. The van der Waals surface area contributed by atoms with Gasteiger partial charge in [-0.05, 0) is 49.7 Å². The van der Waals surface area contributed by atoms with Gasteiger partial charge in [-0.15, -0.1) is 11.8 Å². The minimum atomic E-state index is -0.0513. The van der Waals surface area contributed by atoms with E-state index in [0.717, 1.165) is 41.5 Å². The van der Waals surface area contributed by atoms with Crippen molar-refractivity contribution in [3.8, 4) is 5.75 Å². The number of thioether (sulfide) groups is 1. The fourth-order valence-corrected chi connectivity index (χ4v) is 3.64. The minimum absolute atomic E-state index is 0.0513. The zero-order chi connectivity index (χ0) is 16.8. The van der Waals surface area contributed by atoms with Crippen LogP contribution < -0.4 is 15.4 Å². The fraction of sp³-hybridized carbons (Fsp3) is 0.316. The van der Waals surface area contributed by atoms with Gasteiger partial charge >= 0.3 is 0 Å². The third kappa shape index (κ3) is 4.30. The van der Waals surface area contributed by atoms with Crippen molar-refractivity contribution in [2.75, 3.05) is 19.0 Å². The van der Waals surface area contributed by atoms with E-state index in [4.69, 9.17) is 4.74 Å². The van der Waals surface area contributed by atoms with Crippen molar-refractivity contribution < 1.29 is 9.53 Å². The maximum atomic E-state index is 12.1. The highest BCUT2D eigenvalue weighted by atomic mass is 32.2. The molecule has 1 fully saturated rings. The molecule has 0 aliphatic carbocycles. The first-order valence-electron chi connectivity index (χ1n) is 8.15. The van der Waals surface area contributed by atoms with E-state index in [9.17, 15) is 4.79 Å². The van der Waals surface area contributed by atoms with Crippen molar-refractivity contribution in [3.63, 3.8) is 0 Å². The van der Waals surface area contributed by atoms with Gasteiger partial charge in [-0.3, -0.25) is 4.79 Å². The SMILES string of the molecule is COc1ccccc1CSc1ccc(NC(=O)[C@H]2CCCN2)cc1. The molecule has 1 heterocycles. The Morgan fingerprint density at radius 1 is 1.25 bits per heavy atom. The molecular formula is C19H22N2O2S. The van der Waals surface area contributed by atoms with Crippen LogP contribution in [0.4, 0.5) is 5.69 Å². The topological polar surface area (TPSA) is 50.4 Å². The van der Waals surface area contributed by atoms with Gasteiger partial charge in [-0.25, -0.2) is 0 Å². The second kappa shape index (κ2) is 8.22. The average molecular weight is 342 g/mol. The Bertz CT molecular complexity index is 682. The van der Waals surface area contributed by atoms with Crippen molar-refractivity contribution in [2.45, 2.75) is 29.5 Å². The van der Waals surface area contributed by atoms with Crippen molar-refractivity contribution in [3.05, 3.63) is 54.1 Å². The van der Waals surface area contributed by atoms with E-state index < -0.39 is 0 Å². The molecule has 5 heteroatoms. The van der Waals surface area contributed by atoms with E-state index in [1.54, 1.807) is 18.9 Å². The van der Waals surface area contributed by atoms with Crippen LogP contribution in [0, 0.1) is 0 Å². The lowest BCUT2D eigenvalue weighted by Gasteiger charge is -2.11. The highest BCUT2D eigenvalue weighted by Crippen LogP contribution is 2.28. The number of ether oxygens (including phenoxy) is 1. The first kappa shape index (κ1) is 16.9. The number of para-hydroxylation sites is 1. The summed E-state index contributed by atoms with van der Waals surface area (Å²) in [6, 6.07) is 16.0. The van der Waals surface area contributed by atoms with Crippen LogP contribution in [0.15, 0.2) is 53.4 Å². The Labute approximate surface area is 147 Å². The molecule has 0 bridgehead atoms. The van der Waals surface area contributed by atoms with Crippen LogP contribution in [0.25, 0.3) is 0 Å². The number of rotatable bonds is 6. The molecule has 1 atom stereocenters. The molecule has 1 amide bonds. The molecule has 0 radical (unpaired) electrons. The van der Waals surface area contributed by atoms with Gasteiger partial charge in [0, 0.05) is 21.9 Å². The molecule has 0 saturated carbocycles. The second-order valence-electron chi connectivity index (χ2n) is 5.76. The molecule has 1 aliphatic rings. The number of anilines is 1. The molecule has 24 heavy (non-hydrogen) atoms. The molecule has 1 saturated heterocycles. The van der Waals surface area contributed by atoms with E-state index >= 15 is 0 Å². The standard InChI is InChI=1S/C19H22N2O2S/c1-23-18-7-3-2-5-14(18)13-24-16-10-8-15(9-11-16)21-19(22)17-6-4-12-20-17/h2-3,5,7-11,17,20H,4,6,12-13H2,1H3,(H,21,22)/t17-/m1/s1. The number of hydrogen-bond donors (Lipinski definition) is 2. The number of nitrogens with one attached hydrogen (secondary N) is 2. The van der Waals surface area contributed by atoms with E-state index in [-0.39, 0.29) is 11.9 Å². The number of methoxy groups -OCH3 is 1. The maximum Gasteiger partial charge on any atom is 0.241 e. The van der Waals surface area contributed by atoms with Gasteiger partial charge in [0.15, 0.2) is 0 Å². The minimum Gasteiger partial charge on any atom is -0.496 e. The quantitative estimate of drug-likeness (QED) is 0.786. The maximum absolute atomic E-state index is 12.1. The number of amides is 1. The molecule has 2 N–H and O–H groups in total. The third-order valence-corrected chi connectivity index (χ3v) is 5.15. The Balaban J connectivity index is 1.55. The monoisotopic (exact) mass is 342 g/mol. The highest BCUT2D eigenvalue weighted by Gasteiger charge is 2.21. The Morgan fingerprint density at radius 3 is 2.75 bits per heavy atom. The zero-order valence-electron chi connectivity index (χ0n) is 13.7. The highest BCUT2D eigenvalue weighted by molar-refractivity contribution is 7.98. The van der Waals surface area contributed by atoms with Gasteiger partial charge in [0.1, 0.15) is 5.75 Å². The van der Waals surface area contributed by atoms with Crippen LogP contribution in [-0.4, -0.2) is 25.6 Å². The first-order valence-corrected chi connectivity index (χ1v) is 9.14. The lowest BCUT2D eigenvalue weighted by atomic mass is 10.2. The average Bonchev–Trinajstić information content (AvgIpc) is 3.16. The molecule has 126 valence electrons. The number of benzene rings is 2. The summed E-state index contributed by atoms with van der Waals surface area (Å²) >= 11 is 1.75. The lowest BCUT2D eigenvalue weighted by molar-refractivity contribution is -0.117. The van der Waals surface area contributed by atoms with Gasteiger partial charge in [0.05, 0.1) is 13.2 Å². The van der Waals surface area contributed by atoms with Gasteiger partial charge in [-0.1, -0.05) is 18.2 Å². The van der Waals surface area contributed by atoms with E-state index in [0.29, 0.717) is 0 Å².